The zero-order valence-electron chi connectivity index (χ0n) is 9.87. The maximum atomic E-state index is 9.96. The van der Waals surface area contributed by atoms with Gasteiger partial charge in [0.25, 0.3) is 0 Å². The third kappa shape index (κ3) is 4.43. The Balaban J connectivity index is 4.23. The van der Waals surface area contributed by atoms with E-state index in [0.717, 1.165) is 32.1 Å². The van der Waals surface area contributed by atoms with Gasteiger partial charge in [0, 0.05) is 6.61 Å². The van der Waals surface area contributed by atoms with Crippen molar-refractivity contribution in [1.29, 1.82) is 0 Å². The van der Waals surface area contributed by atoms with Crippen molar-refractivity contribution in [2.24, 2.45) is 11.8 Å². The van der Waals surface area contributed by atoms with Crippen LogP contribution in [-0.4, -0.2) is 22.9 Å². The van der Waals surface area contributed by atoms with Crippen LogP contribution in [0.1, 0.15) is 52.9 Å². The molecule has 0 aliphatic rings. The average molecular weight is 202 g/mol. The summed E-state index contributed by atoms with van der Waals surface area (Å²) < 4.78 is 0. The van der Waals surface area contributed by atoms with Crippen molar-refractivity contribution in [3.63, 3.8) is 0 Å². The molecule has 0 rings (SSSR count). The Morgan fingerprint density at radius 1 is 1.00 bits per heavy atom. The Kier molecular flexibility index (Phi) is 8.20. The van der Waals surface area contributed by atoms with Crippen molar-refractivity contribution in [2.45, 2.75) is 59.0 Å². The second-order valence-corrected chi connectivity index (χ2v) is 4.16. The molecule has 0 aliphatic heterocycles. The smallest absolute Gasteiger partial charge is 0.0571 e. The lowest BCUT2D eigenvalue weighted by Gasteiger charge is -2.28. The van der Waals surface area contributed by atoms with E-state index < -0.39 is 0 Å². The average Bonchev–Trinajstić information content (AvgIpc) is 2.18. The molecule has 0 radical (unpaired) electrons. The SMILES string of the molecule is CCCC(O)C(CCC)C(CC)CO. The molecule has 0 amide bonds. The van der Waals surface area contributed by atoms with Gasteiger partial charge in [0.1, 0.15) is 0 Å². The van der Waals surface area contributed by atoms with E-state index in [-0.39, 0.29) is 24.5 Å². The zero-order chi connectivity index (χ0) is 11.0. The summed E-state index contributed by atoms with van der Waals surface area (Å²) in [7, 11) is 0. The molecule has 0 saturated carbocycles. The molecule has 3 unspecified atom stereocenters. The lowest BCUT2D eigenvalue weighted by Crippen LogP contribution is -2.29. The summed E-state index contributed by atoms with van der Waals surface area (Å²) in [5, 5.41) is 19.2. The van der Waals surface area contributed by atoms with Crippen LogP contribution < -0.4 is 0 Å². The van der Waals surface area contributed by atoms with Crippen molar-refractivity contribution in [1.82, 2.24) is 0 Å². The highest BCUT2D eigenvalue weighted by Gasteiger charge is 2.25. The molecule has 0 aliphatic carbocycles. The monoisotopic (exact) mass is 202 g/mol. The van der Waals surface area contributed by atoms with E-state index in [0.29, 0.717) is 0 Å². The van der Waals surface area contributed by atoms with Crippen LogP contribution in [0.25, 0.3) is 0 Å². The van der Waals surface area contributed by atoms with Crippen LogP contribution in [0.2, 0.25) is 0 Å². The van der Waals surface area contributed by atoms with Gasteiger partial charge >= 0.3 is 0 Å². The van der Waals surface area contributed by atoms with Gasteiger partial charge in [-0.05, 0) is 24.7 Å². The predicted molar refractivity (Wildman–Crippen MR) is 60.2 cm³/mol. The minimum atomic E-state index is -0.225. The molecule has 0 aromatic rings. The second-order valence-electron chi connectivity index (χ2n) is 4.16. The van der Waals surface area contributed by atoms with Crippen LogP contribution in [0.15, 0.2) is 0 Å². The van der Waals surface area contributed by atoms with Crippen LogP contribution >= 0.6 is 0 Å². The fraction of sp³-hybridized carbons (Fsp3) is 1.00. The molecule has 86 valence electrons. The van der Waals surface area contributed by atoms with E-state index in [2.05, 4.69) is 20.8 Å². The maximum Gasteiger partial charge on any atom is 0.0571 e. The Morgan fingerprint density at radius 2 is 1.57 bits per heavy atom. The first-order valence-electron chi connectivity index (χ1n) is 6.00. The lowest BCUT2D eigenvalue weighted by molar-refractivity contribution is 0.0351. The molecular weight excluding hydrogens is 176 g/mol. The first-order valence-corrected chi connectivity index (χ1v) is 6.00. The number of aliphatic hydroxyl groups excluding tert-OH is 2. The van der Waals surface area contributed by atoms with E-state index in [1.54, 1.807) is 0 Å². The van der Waals surface area contributed by atoms with Crippen LogP contribution in [0.5, 0.6) is 0 Å². The Hall–Kier alpha value is -0.0800. The van der Waals surface area contributed by atoms with E-state index >= 15 is 0 Å². The summed E-state index contributed by atoms with van der Waals surface area (Å²) in [4.78, 5) is 0. The first-order chi connectivity index (χ1) is 6.71. The molecule has 2 heteroatoms. The topological polar surface area (TPSA) is 40.5 Å². The second kappa shape index (κ2) is 8.25. The predicted octanol–water partition coefficient (Wildman–Crippen LogP) is 2.58. The zero-order valence-corrected chi connectivity index (χ0v) is 9.87. The molecule has 14 heavy (non-hydrogen) atoms. The molecule has 0 heterocycles. The first kappa shape index (κ1) is 13.9. The van der Waals surface area contributed by atoms with E-state index in [9.17, 15) is 10.2 Å². The number of rotatable bonds is 8. The molecule has 0 fully saturated rings. The van der Waals surface area contributed by atoms with Gasteiger partial charge in [-0.3, -0.25) is 0 Å². The van der Waals surface area contributed by atoms with Crippen molar-refractivity contribution < 1.29 is 10.2 Å². The largest absolute Gasteiger partial charge is 0.396 e. The summed E-state index contributed by atoms with van der Waals surface area (Å²) in [6.45, 7) is 6.52. The Bertz CT molecular complexity index is 121. The Labute approximate surface area is 88.3 Å². The standard InChI is InChI=1S/C12H26O2/c1-4-7-11(10(6-3)9-13)12(14)8-5-2/h10-14H,4-9H2,1-3H3. The maximum absolute atomic E-state index is 9.96. The minimum absolute atomic E-state index is 0.210. The number of aliphatic hydroxyl groups is 2. The summed E-state index contributed by atoms with van der Waals surface area (Å²) in [6.07, 6.45) is 4.73. The highest BCUT2D eigenvalue weighted by atomic mass is 16.3. The molecular formula is C12H26O2. The van der Waals surface area contributed by atoms with Crippen molar-refractivity contribution in [2.75, 3.05) is 6.61 Å². The van der Waals surface area contributed by atoms with E-state index in [1.165, 1.54) is 0 Å². The normalized spacial score (nSPS) is 17.8. The van der Waals surface area contributed by atoms with Crippen LogP contribution in [0.4, 0.5) is 0 Å². The van der Waals surface area contributed by atoms with Crippen LogP contribution in [0, 0.1) is 11.8 Å². The van der Waals surface area contributed by atoms with Crippen molar-refractivity contribution >= 4 is 0 Å². The van der Waals surface area contributed by atoms with Gasteiger partial charge in [-0.1, -0.05) is 40.0 Å². The molecule has 0 bridgehead atoms. The summed E-state index contributed by atoms with van der Waals surface area (Å²) in [5.41, 5.74) is 0. The van der Waals surface area contributed by atoms with Crippen molar-refractivity contribution in [3.05, 3.63) is 0 Å². The van der Waals surface area contributed by atoms with E-state index in [4.69, 9.17) is 0 Å². The van der Waals surface area contributed by atoms with Gasteiger partial charge in [0.15, 0.2) is 0 Å². The summed E-state index contributed by atoms with van der Waals surface area (Å²) >= 11 is 0. The molecule has 2 N–H and O–H groups in total. The molecule has 3 atom stereocenters. The fourth-order valence-electron chi connectivity index (χ4n) is 2.15. The summed E-state index contributed by atoms with van der Waals surface area (Å²) in [5.74, 6) is 0.562. The van der Waals surface area contributed by atoms with Gasteiger partial charge in [-0.15, -0.1) is 0 Å². The quantitative estimate of drug-likeness (QED) is 0.635. The van der Waals surface area contributed by atoms with Crippen LogP contribution in [-0.2, 0) is 0 Å². The molecule has 0 aromatic heterocycles. The van der Waals surface area contributed by atoms with Crippen molar-refractivity contribution in [3.8, 4) is 0 Å². The van der Waals surface area contributed by atoms with Gasteiger partial charge in [0.2, 0.25) is 0 Å². The molecule has 2 nitrogen and oxygen atoms in total. The highest BCUT2D eigenvalue weighted by Crippen LogP contribution is 2.26. The Morgan fingerprint density at radius 3 is 1.93 bits per heavy atom. The van der Waals surface area contributed by atoms with Gasteiger partial charge < -0.3 is 10.2 Å². The third-order valence-electron chi connectivity index (χ3n) is 3.07. The highest BCUT2D eigenvalue weighted by molar-refractivity contribution is 4.75. The van der Waals surface area contributed by atoms with Gasteiger partial charge in [0.05, 0.1) is 6.10 Å². The lowest BCUT2D eigenvalue weighted by atomic mass is 9.81. The molecule has 0 saturated heterocycles. The van der Waals surface area contributed by atoms with Crippen LogP contribution in [0.3, 0.4) is 0 Å². The fourth-order valence-corrected chi connectivity index (χ4v) is 2.15. The number of hydrogen-bond acceptors (Lipinski definition) is 2. The summed E-state index contributed by atoms with van der Waals surface area (Å²) in [6, 6.07) is 0. The third-order valence-corrected chi connectivity index (χ3v) is 3.07. The van der Waals surface area contributed by atoms with E-state index in [1.807, 2.05) is 0 Å². The van der Waals surface area contributed by atoms with Gasteiger partial charge in [-0.25, -0.2) is 0 Å². The number of hydrogen-bond donors (Lipinski definition) is 2. The molecule has 0 spiro atoms. The van der Waals surface area contributed by atoms with Gasteiger partial charge in [-0.2, -0.15) is 0 Å². The minimum Gasteiger partial charge on any atom is -0.396 e. The molecule has 0 aromatic carbocycles.